The highest BCUT2D eigenvalue weighted by atomic mass is 16.3. The summed E-state index contributed by atoms with van der Waals surface area (Å²) < 4.78 is 0. The van der Waals surface area contributed by atoms with Crippen molar-refractivity contribution in [2.45, 2.75) is 19.3 Å². The molecule has 1 aliphatic heterocycles. The van der Waals surface area contributed by atoms with Crippen molar-refractivity contribution in [3.8, 4) is 0 Å². The standard InChI is InChI=1S/C22H23N5O3/c1-14-11-25-20(12-24-14)22(30)27-8-6-15(13-27)19-10-17(21(29)23-7-9-28)16-4-2-3-5-18(16)26-19/h2-5,10-12,15,28H,6-9,13H2,1H3,(H,23,29). The van der Waals surface area contributed by atoms with Gasteiger partial charge in [0.1, 0.15) is 5.69 Å². The Bertz CT molecular complexity index is 1080. The quantitative estimate of drug-likeness (QED) is 0.669. The molecule has 1 aliphatic rings. The summed E-state index contributed by atoms with van der Waals surface area (Å²) in [6.45, 7) is 3.00. The van der Waals surface area contributed by atoms with Crippen molar-refractivity contribution in [3.05, 3.63) is 65.4 Å². The fourth-order valence-electron chi connectivity index (χ4n) is 3.71. The minimum absolute atomic E-state index is 0.0290. The maximum atomic E-state index is 12.8. The number of nitrogens with one attached hydrogen (secondary N) is 1. The Hall–Kier alpha value is -3.39. The number of amides is 2. The van der Waals surface area contributed by atoms with Crippen LogP contribution in [0.4, 0.5) is 0 Å². The lowest BCUT2D eigenvalue weighted by atomic mass is 9.99. The Labute approximate surface area is 174 Å². The second-order valence-corrected chi connectivity index (χ2v) is 7.37. The van der Waals surface area contributed by atoms with Gasteiger partial charge in [0.15, 0.2) is 0 Å². The number of aryl methyl sites for hydroxylation is 1. The van der Waals surface area contributed by atoms with Gasteiger partial charge in [-0.1, -0.05) is 18.2 Å². The van der Waals surface area contributed by atoms with E-state index in [9.17, 15) is 9.59 Å². The molecule has 30 heavy (non-hydrogen) atoms. The number of pyridine rings is 1. The van der Waals surface area contributed by atoms with Crippen LogP contribution in [0.2, 0.25) is 0 Å². The summed E-state index contributed by atoms with van der Waals surface area (Å²) >= 11 is 0. The Morgan fingerprint density at radius 1 is 1.23 bits per heavy atom. The van der Waals surface area contributed by atoms with Crippen molar-refractivity contribution in [2.24, 2.45) is 0 Å². The molecule has 0 radical (unpaired) electrons. The zero-order valence-electron chi connectivity index (χ0n) is 16.7. The third-order valence-electron chi connectivity index (χ3n) is 5.27. The van der Waals surface area contributed by atoms with Gasteiger partial charge >= 0.3 is 0 Å². The summed E-state index contributed by atoms with van der Waals surface area (Å²) in [5.74, 6) is -0.363. The van der Waals surface area contributed by atoms with Crippen LogP contribution >= 0.6 is 0 Å². The van der Waals surface area contributed by atoms with Gasteiger partial charge in [-0.15, -0.1) is 0 Å². The number of likely N-dealkylation sites (tertiary alicyclic amines) is 1. The first-order valence-corrected chi connectivity index (χ1v) is 9.93. The number of para-hydroxylation sites is 1. The number of rotatable bonds is 5. The Morgan fingerprint density at radius 2 is 2.07 bits per heavy atom. The predicted octanol–water partition coefficient (Wildman–Crippen LogP) is 1.69. The van der Waals surface area contributed by atoms with E-state index in [1.54, 1.807) is 17.2 Å². The van der Waals surface area contributed by atoms with Crippen LogP contribution in [0.1, 0.15) is 44.6 Å². The molecule has 154 valence electrons. The second kappa shape index (κ2) is 8.54. The summed E-state index contributed by atoms with van der Waals surface area (Å²) in [5.41, 5.74) is 3.14. The average Bonchev–Trinajstić information content (AvgIpc) is 3.27. The predicted molar refractivity (Wildman–Crippen MR) is 111 cm³/mol. The Kier molecular flexibility index (Phi) is 5.67. The van der Waals surface area contributed by atoms with E-state index in [4.69, 9.17) is 10.1 Å². The van der Waals surface area contributed by atoms with Crippen LogP contribution in [0.3, 0.4) is 0 Å². The van der Waals surface area contributed by atoms with Gasteiger partial charge in [-0.3, -0.25) is 19.6 Å². The Balaban J connectivity index is 1.59. The van der Waals surface area contributed by atoms with Gasteiger partial charge in [0.25, 0.3) is 11.8 Å². The molecule has 2 N–H and O–H groups in total. The number of nitrogens with zero attached hydrogens (tertiary/aromatic N) is 4. The first kappa shape index (κ1) is 19.9. The summed E-state index contributed by atoms with van der Waals surface area (Å²) in [7, 11) is 0. The number of hydrogen-bond donors (Lipinski definition) is 2. The molecule has 1 aromatic carbocycles. The first-order valence-electron chi connectivity index (χ1n) is 9.93. The highest BCUT2D eigenvalue weighted by Crippen LogP contribution is 2.30. The van der Waals surface area contributed by atoms with Crippen LogP contribution in [0.15, 0.2) is 42.7 Å². The molecule has 0 saturated carbocycles. The van der Waals surface area contributed by atoms with Crippen LogP contribution in [0, 0.1) is 6.92 Å². The number of benzene rings is 1. The minimum atomic E-state index is -0.246. The van der Waals surface area contributed by atoms with Gasteiger partial charge in [0, 0.05) is 42.8 Å². The highest BCUT2D eigenvalue weighted by molar-refractivity contribution is 6.06. The van der Waals surface area contributed by atoms with Gasteiger partial charge < -0.3 is 15.3 Å². The number of hydrogen-bond acceptors (Lipinski definition) is 6. The van der Waals surface area contributed by atoms with Gasteiger partial charge in [0.2, 0.25) is 0 Å². The first-order chi connectivity index (χ1) is 14.6. The number of aliphatic hydroxyl groups is 1. The van der Waals surface area contributed by atoms with Gasteiger partial charge in [-0.25, -0.2) is 4.98 Å². The van der Waals surface area contributed by atoms with E-state index in [1.165, 1.54) is 6.20 Å². The molecule has 0 bridgehead atoms. The fraction of sp³-hybridized carbons (Fsp3) is 0.318. The monoisotopic (exact) mass is 405 g/mol. The van der Waals surface area contributed by atoms with E-state index in [2.05, 4.69) is 15.3 Å². The summed E-state index contributed by atoms with van der Waals surface area (Å²) in [5, 5.41) is 12.5. The van der Waals surface area contributed by atoms with Gasteiger partial charge in [-0.2, -0.15) is 0 Å². The SMILES string of the molecule is Cc1cnc(C(=O)N2CCC(c3cc(C(=O)NCCO)c4ccccc4n3)C2)cn1. The second-order valence-electron chi connectivity index (χ2n) is 7.37. The van der Waals surface area contributed by atoms with E-state index in [0.29, 0.717) is 24.3 Å². The zero-order valence-corrected chi connectivity index (χ0v) is 16.7. The molecule has 3 heterocycles. The fourth-order valence-corrected chi connectivity index (χ4v) is 3.71. The number of fused-ring (bicyclic) bond motifs is 1. The van der Waals surface area contributed by atoms with Crippen LogP contribution in [-0.2, 0) is 0 Å². The molecule has 2 aromatic heterocycles. The van der Waals surface area contributed by atoms with E-state index in [1.807, 2.05) is 31.2 Å². The molecular weight excluding hydrogens is 382 g/mol. The summed E-state index contributed by atoms with van der Waals surface area (Å²) in [4.78, 5) is 40.3. The molecule has 3 aromatic rings. The van der Waals surface area contributed by atoms with Crippen molar-refractivity contribution < 1.29 is 14.7 Å². The average molecular weight is 405 g/mol. The maximum absolute atomic E-state index is 12.8. The number of aliphatic hydroxyl groups excluding tert-OH is 1. The van der Waals surface area contributed by atoms with E-state index in [0.717, 1.165) is 28.7 Å². The molecule has 1 fully saturated rings. The smallest absolute Gasteiger partial charge is 0.274 e. The van der Waals surface area contributed by atoms with Crippen LogP contribution in [0.5, 0.6) is 0 Å². The van der Waals surface area contributed by atoms with Crippen LogP contribution < -0.4 is 5.32 Å². The minimum Gasteiger partial charge on any atom is -0.395 e. The van der Waals surface area contributed by atoms with Crippen molar-refractivity contribution in [2.75, 3.05) is 26.2 Å². The normalized spacial score (nSPS) is 16.1. The number of carbonyl (C=O) groups is 2. The van der Waals surface area contributed by atoms with Crippen LogP contribution in [-0.4, -0.2) is 63.0 Å². The topological polar surface area (TPSA) is 108 Å². The molecular formula is C22H23N5O3. The third-order valence-corrected chi connectivity index (χ3v) is 5.27. The molecule has 2 amide bonds. The molecule has 8 nitrogen and oxygen atoms in total. The lowest BCUT2D eigenvalue weighted by Gasteiger charge is -2.17. The highest BCUT2D eigenvalue weighted by Gasteiger charge is 2.30. The third kappa shape index (κ3) is 3.99. The van der Waals surface area contributed by atoms with Crippen molar-refractivity contribution in [1.29, 1.82) is 0 Å². The lowest BCUT2D eigenvalue weighted by Crippen LogP contribution is -2.29. The molecule has 1 unspecified atom stereocenters. The van der Waals surface area contributed by atoms with Crippen LogP contribution in [0.25, 0.3) is 10.9 Å². The van der Waals surface area contributed by atoms with Gasteiger partial charge in [0.05, 0.1) is 29.6 Å². The Morgan fingerprint density at radius 3 is 2.83 bits per heavy atom. The van der Waals surface area contributed by atoms with Crippen molar-refractivity contribution in [1.82, 2.24) is 25.2 Å². The van der Waals surface area contributed by atoms with Gasteiger partial charge in [-0.05, 0) is 25.5 Å². The number of carbonyl (C=O) groups excluding carboxylic acids is 2. The number of aromatic nitrogens is 3. The zero-order chi connectivity index (χ0) is 21.1. The summed E-state index contributed by atoms with van der Waals surface area (Å²) in [6.07, 6.45) is 3.85. The molecule has 8 heteroatoms. The van der Waals surface area contributed by atoms with E-state index < -0.39 is 0 Å². The maximum Gasteiger partial charge on any atom is 0.274 e. The molecule has 0 spiro atoms. The molecule has 1 atom stereocenters. The molecule has 0 aliphatic carbocycles. The van der Waals surface area contributed by atoms with Crippen molar-refractivity contribution >= 4 is 22.7 Å². The van der Waals surface area contributed by atoms with Crippen molar-refractivity contribution in [3.63, 3.8) is 0 Å². The van der Waals surface area contributed by atoms with E-state index >= 15 is 0 Å². The molecule has 1 saturated heterocycles. The van der Waals surface area contributed by atoms with E-state index in [-0.39, 0.29) is 30.9 Å². The summed E-state index contributed by atoms with van der Waals surface area (Å²) in [6, 6.07) is 9.29. The lowest BCUT2D eigenvalue weighted by molar-refractivity contribution is 0.0784. The molecule has 4 rings (SSSR count). The largest absolute Gasteiger partial charge is 0.395 e.